The summed E-state index contributed by atoms with van der Waals surface area (Å²) in [5.41, 5.74) is 3.34. The molecule has 0 aromatic carbocycles. The minimum Gasteiger partial charge on any atom is -0.360 e. The van der Waals surface area contributed by atoms with Gasteiger partial charge in [0.05, 0.1) is 11.0 Å². The van der Waals surface area contributed by atoms with E-state index < -0.39 is 0 Å². The molecule has 0 radical (unpaired) electrons. The summed E-state index contributed by atoms with van der Waals surface area (Å²) >= 11 is 0. The van der Waals surface area contributed by atoms with E-state index in [2.05, 4.69) is 33.3 Å². The number of carbonyl (C=O) groups is 1. The molecule has 1 aliphatic heterocycles. The van der Waals surface area contributed by atoms with Crippen molar-refractivity contribution in [2.45, 2.75) is 39.0 Å². The van der Waals surface area contributed by atoms with Crippen molar-refractivity contribution in [3.63, 3.8) is 0 Å². The Hall–Kier alpha value is -1.88. The van der Waals surface area contributed by atoms with E-state index in [1.807, 2.05) is 19.1 Å². The summed E-state index contributed by atoms with van der Waals surface area (Å²) in [5.74, 6) is 1.20. The third-order valence-electron chi connectivity index (χ3n) is 4.62. The molecule has 1 aliphatic rings. The lowest BCUT2D eigenvalue weighted by Crippen LogP contribution is -2.32. The average molecular weight is 300 g/mol. The number of nitrogens with zero attached hydrogens (tertiary/aromatic N) is 2. The summed E-state index contributed by atoms with van der Waals surface area (Å²) in [6.07, 6.45) is 4.91. The van der Waals surface area contributed by atoms with E-state index >= 15 is 0 Å². The molecule has 22 heavy (non-hydrogen) atoms. The van der Waals surface area contributed by atoms with Crippen LogP contribution in [0.4, 0.5) is 5.82 Å². The van der Waals surface area contributed by atoms with Gasteiger partial charge in [-0.25, -0.2) is 4.98 Å². The fourth-order valence-corrected chi connectivity index (χ4v) is 3.19. The van der Waals surface area contributed by atoms with Crippen molar-refractivity contribution in [1.82, 2.24) is 14.9 Å². The number of piperidine rings is 1. The van der Waals surface area contributed by atoms with Crippen LogP contribution in [0.1, 0.15) is 44.6 Å². The monoisotopic (exact) mass is 300 g/mol. The van der Waals surface area contributed by atoms with Crippen molar-refractivity contribution in [2.75, 3.05) is 25.0 Å². The van der Waals surface area contributed by atoms with Gasteiger partial charge in [-0.2, -0.15) is 0 Å². The fraction of sp³-hybridized carbons (Fsp3) is 0.529. The number of rotatable bonds is 4. The Morgan fingerprint density at radius 2 is 2.14 bits per heavy atom. The van der Waals surface area contributed by atoms with Crippen LogP contribution in [0.15, 0.2) is 18.3 Å². The van der Waals surface area contributed by atoms with Gasteiger partial charge in [0.25, 0.3) is 0 Å². The number of hydrogen-bond donors (Lipinski definition) is 2. The summed E-state index contributed by atoms with van der Waals surface area (Å²) in [4.78, 5) is 22.0. The SMILES string of the molecule is CCC(=O)Nc1ccc2[nH]cc(C3CCN(CC)CC3)c2n1. The van der Waals surface area contributed by atoms with Crippen molar-refractivity contribution >= 4 is 22.8 Å². The molecule has 5 nitrogen and oxygen atoms in total. The van der Waals surface area contributed by atoms with Gasteiger partial charge in [0.1, 0.15) is 5.82 Å². The maximum Gasteiger partial charge on any atom is 0.225 e. The van der Waals surface area contributed by atoms with Crippen LogP contribution < -0.4 is 5.32 Å². The third-order valence-corrected chi connectivity index (χ3v) is 4.62. The highest BCUT2D eigenvalue weighted by molar-refractivity contribution is 5.91. The van der Waals surface area contributed by atoms with Gasteiger partial charge in [-0.15, -0.1) is 0 Å². The summed E-state index contributed by atoms with van der Waals surface area (Å²) in [6, 6.07) is 3.86. The van der Waals surface area contributed by atoms with Crippen molar-refractivity contribution in [2.24, 2.45) is 0 Å². The number of nitrogens with one attached hydrogen (secondary N) is 2. The molecule has 2 N–H and O–H groups in total. The number of fused-ring (bicyclic) bond motifs is 1. The average Bonchev–Trinajstić information content (AvgIpc) is 2.98. The van der Waals surface area contributed by atoms with E-state index in [1.54, 1.807) is 0 Å². The van der Waals surface area contributed by atoms with Crippen molar-refractivity contribution in [3.8, 4) is 0 Å². The Morgan fingerprint density at radius 3 is 2.82 bits per heavy atom. The normalized spacial score (nSPS) is 17.0. The lowest BCUT2D eigenvalue weighted by molar-refractivity contribution is -0.115. The molecule has 0 aliphatic carbocycles. The maximum atomic E-state index is 11.5. The van der Waals surface area contributed by atoms with E-state index in [0.717, 1.165) is 30.7 Å². The zero-order valence-corrected chi connectivity index (χ0v) is 13.4. The first-order chi connectivity index (χ1) is 10.7. The Morgan fingerprint density at radius 1 is 1.36 bits per heavy atom. The third kappa shape index (κ3) is 2.99. The molecule has 2 aromatic rings. The van der Waals surface area contributed by atoms with Gasteiger partial charge in [-0.1, -0.05) is 13.8 Å². The number of carbonyl (C=O) groups excluding carboxylic acids is 1. The molecule has 0 saturated carbocycles. The van der Waals surface area contributed by atoms with Crippen LogP contribution >= 0.6 is 0 Å². The Labute approximate surface area is 131 Å². The number of pyridine rings is 1. The lowest BCUT2D eigenvalue weighted by Gasteiger charge is -2.30. The molecule has 5 heteroatoms. The summed E-state index contributed by atoms with van der Waals surface area (Å²) in [7, 11) is 0. The second kappa shape index (κ2) is 6.48. The highest BCUT2D eigenvalue weighted by atomic mass is 16.1. The molecule has 1 saturated heterocycles. The zero-order valence-electron chi connectivity index (χ0n) is 13.4. The van der Waals surface area contributed by atoms with E-state index in [9.17, 15) is 4.79 Å². The standard InChI is InChI=1S/C17H24N4O/c1-3-16(22)19-15-6-5-14-17(20-15)13(11-18-14)12-7-9-21(4-2)10-8-12/h5-6,11-12,18H,3-4,7-10H2,1-2H3,(H,19,20,22). The molecule has 0 spiro atoms. The molecule has 1 fully saturated rings. The van der Waals surface area contributed by atoms with Gasteiger partial charge in [0.15, 0.2) is 0 Å². The van der Waals surface area contributed by atoms with Crippen LogP contribution in [0.25, 0.3) is 11.0 Å². The summed E-state index contributed by atoms with van der Waals surface area (Å²) < 4.78 is 0. The van der Waals surface area contributed by atoms with Gasteiger partial charge in [-0.3, -0.25) is 4.79 Å². The van der Waals surface area contributed by atoms with Crippen molar-refractivity contribution < 1.29 is 4.79 Å². The number of anilines is 1. The van der Waals surface area contributed by atoms with Crippen LogP contribution in [0, 0.1) is 0 Å². The molecule has 118 valence electrons. The van der Waals surface area contributed by atoms with E-state index in [0.29, 0.717) is 18.2 Å². The Bertz CT molecular complexity index is 656. The van der Waals surface area contributed by atoms with Crippen LogP contribution in [0.2, 0.25) is 0 Å². The molecule has 0 atom stereocenters. The smallest absolute Gasteiger partial charge is 0.225 e. The minimum atomic E-state index is 0.000176. The topological polar surface area (TPSA) is 61.0 Å². The first kappa shape index (κ1) is 15.0. The van der Waals surface area contributed by atoms with Crippen LogP contribution in [-0.2, 0) is 4.79 Å². The Balaban J connectivity index is 1.84. The number of aromatic amines is 1. The largest absolute Gasteiger partial charge is 0.360 e. The number of aromatic nitrogens is 2. The zero-order chi connectivity index (χ0) is 15.5. The second-order valence-corrected chi connectivity index (χ2v) is 5.95. The van der Waals surface area contributed by atoms with E-state index in [1.165, 1.54) is 18.4 Å². The predicted molar refractivity (Wildman–Crippen MR) is 89.1 cm³/mol. The van der Waals surface area contributed by atoms with Crippen LogP contribution in [0.3, 0.4) is 0 Å². The molecule has 2 aromatic heterocycles. The van der Waals surface area contributed by atoms with Crippen molar-refractivity contribution in [3.05, 3.63) is 23.9 Å². The Kier molecular flexibility index (Phi) is 4.43. The quantitative estimate of drug-likeness (QED) is 0.912. The number of hydrogen-bond acceptors (Lipinski definition) is 3. The highest BCUT2D eigenvalue weighted by Crippen LogP contribution is 2.32. The number of likely N-dealkylation sites (tertiary alicyclic amines) is 1. The summed E-state index contributed by atoms with van der Waals surface area (Å²) in [5, 5.41) is 2.85. The summed E-state index contributed by atoms with van der Waals surface area (Å²) in [6.45, 7) is 7.50. The van der Waals surface area contributed by atoms with Gasteiger partial charge in [0.2, 0.25) is 5.91 Å². The van der Waals surface area contributed by atoms with E-state index in [-0.39, 0.29) is 5.91 Å². The van der Waals surface area contributed by atoms with Gasteiger partial charge in [-0.05, 0) is 56.1 Å². The first-order valence-corrected chi connectivity index (χ1v) is 8.21. The van der Waals surface area contributed by atoms with Crippen LogP contribution in [-0.4, -0.2) is 40.4 Å². The lowest BCUT2D eigenvalue weighted by atomic mass is 9.90. The molecular weight excluding hydrogens is 276 g/mol. The molecular formula is C17H24N4O. The molecule has 0 unspecified atom stereocenters. The van der Waals surface area contributed by atoms with Gasteiger partial charge >= 0.3 is 0 Å². The highest BCUT2D eigenvalue weighted by Gasteiger charge is 2.22. The molecule has 3 rings (SSSR count). The number of amides is 1. The number of H-pyrrole nitrogens is 1. The second-order valence-electron chi connectivity index (χ2n) is 5.95. The minimum absolute atomic E-state index is 0.000176. The molecule has 0 bridgehead atoms. The van der Waals surface area contributed by atoms with E-state index in [4.69, 9.17) is 0 Å². The molecule has 1 amide bonds. The maximum absolute atomic E-state index is 11.5. The molecule has 3 heterocycles. The van der Waals surface area contributed by atoms with Gasteiger partial charge < -0.3 is 15.2 Å². The fourth-order valence-electron chi connectivity index (χ4n) is 3.19. The van der Waals surface area contributed by atoms with Crippen molar-refractivity contribution in [1.29, 1.82) is 0 Å². The predicted octanol–water partition coefficient (Wildman–Crippen LogP) is 3.11. The van der Waals surface area contributed by atoms with Crippen LogP contribution in [0.5, 0.6) is 0 Å². The van der Waals surface area contributed by atoms with Gasteiger partial charge in [0, 0.05) is 12.6 Å². The first-order valence-electron chi connectivity index (χ1n) is 8.21.